The van der Waals surface area contributed by atoms with Gasteiger partial charge in [-0.15, -0.1) is 0 Å². The number of H-pyrrole nitrogens is 1. The van der Waals surface area contributed by atoms with Crippen LogP contribution in [0.15, 0.2) is 39.7 Å². The maximum Gasteiger partial charge on any atom is 0.252 e. The largest absolute Gasteiger partial charge is 0.437 e. The number of aromatic nitrogens is 2. The first-order chi connectivity index (χ1) is 15.9. The van der Waals surface area contributed by atoms with Crippen molar-refractivity contribution in [3.05, 3.63) is 63.6 Å². The van der Waals surface area contributed by atoms with Crippen molar-refractivity contribution in [2.24, 2.45) is 5.73 Å². The van der Waals surface area contributed by atoms with E-state index in [0.717, 1.165) is 30.2 Å². The average molecular weight is 450 g/mol. The van der Waals surface area contributed by atoms with Gasteiger partial charge in [-0.3, -0.25) is 15.1 Å². The van der Waals surface area contributed by atoms with Crippen LogP contribution in [0.2, 0.25) is 0 Å². The van der Waals surface area contributed by atoms with Crippen molar-refractivity contribution in [3.8, 4) is 0 Å². The fourth-order valence-electron chi connectivity index (χ4n) is 5.32. The third-order valence-corrected chi connectivity index (χ3v) is 6.97. The Bertz CT molecular complexity index is 1170. The highest BCUT2D eigenvalue weighted by atomic mass is 16.4. The van der Waals surface area contributed by atoms with E-state index in [4.69, 9.17) is 15.6 Å². The third kappa shape index (κ3) is 4.88. The number of hydrogen-bond acceptors (Lipinski definition) is 5. The molecule has 176 valence electrons. The number of nitrogen functional groups attached to an aromatic ring is 1. The molecule has 1 aliphatic heterocycles. The fraction of sp³-hybridized carbons (Fsp3) is 0.500. The number of hydrogen-bond donors (Lipinski definition) is 3. The van der Waals surface area contributed by atoms with Crippen molar-refractivity contribution >= 4 is 16.7 Å². The molecule has 3 heterocycles. The number of likely N-dealkylation sites (tertiary alicyclic amines) is 1. The summed E-state index contributed by atoms with van der Waals surface area (Å²) in [6.45, 7) is 6.94. The number of amidine groups is 1. The number of aromatic amines is 1. The van der Waals surface area contributed by atoms with Crippen molar-refractivity contribution in [2.45, 2.75) is 83.8 Å². The fourth-order valence-corrected chi connectivity index (χ4v) is 5.32. The van der Waals surface area contributed by atoms with Crippen LogP contribution in [0.5, 0.6) is 0 Å². The molecule has 1 aliphatic rings. The molecule has 3 unspecified atom stereocenters. The summed E-state index contributed by atoms with van der Waals surface area (Å²) in [5, 5.41) is 8.59. The number of nitrogens with one attached hydrogen (secondary N) is 2. The van der Waals surface area contributed by atoms with Gasteiger partial charge in [0.15, 0.2) is 17.5 Å². The lowest BCUT2D eigenvalue weighted by Crippen LogP contribution is -2.46. The van der Waals surface area contributed by atoms with E-state index < -0.39 is 0 Å². The number of oxazole rings is 1. The highest BCUT2D eigenvalue weighted by Gasteiger charge is 2.32. The van der Waals surface area contributed by atoms with E-state index in [2.05, 4.69) is 47.8 Å². The van der Waals surface area contributed by atoms with Gasteiger partial charge in [-0.25, -0.2) is 4.98 Å². The molecule has 4 rings (SSSR count). The van der Waals surface area contributed by atoms with Crippen LogP contribution >= 0.6 is 0 Å². The highest BCUT2D eigenvalue weighted by molar-refractivity contribution is 5.91. The number of rotatable bonds is 8. The zero-order chi connectivity index (χ0) is 23.5. The van der Waals surface area contributed by atoms with E-state index in [1.54, 1.807) is 0 Å². The zero-order valence-electron chi connectivity index (χ0n) is 19.9. The summed E-state index contributed by atoms with van der Waals surface area (Å²) in [6, 6.07) is 9.62. The van der Waals surface area contributed by atoms with Crippen LogP contribution < -0.4 is 11.3 Å². The molecule has 0 radical (unpaired) electrons. The minimum Gasteiger partial charge on any atom is -0.437 e. The molecule has 0 aliphatic carbocycles. The number of pyridine rings is 1. The van der Waals surface area contributed by atoms with Crippen LogP contribution in [0.4, 0.5) is 0 Å². The molecule has 4 N–H and O–H groups in total. The first kappa shape index (κ1) is 23.2. The molecule has 7 heteroatoms. The Balaban J connectivity index is 1.77. The molecule has 0 saturated carbocycles. The molecular formula is C26H35N5O2. The lowest BCUT2D eigenvalue weighted by Gasteiger charge is -2.45. The summed E-state index contributed by atoms with van der Waals surface area (Å²) >= 11 is 0. The monoisotopic (exact) mass is 449 g/mol. The molecule has 3 aromatic rings. The van der Waals surface area contributed by atoms with Crippen LogP contribution in [0.25, 0.3) is 10.9 Å². The van der Waals surface area contributed by atoms with Gasteiger partial charge in [-0.05, 0) is 50.8 Å². The van der Waals surface area contributed by atoms with Crippen LogP contribution in [-0.2, 0) is 6.42 Å². The Hall–Kier alpha value is -2.93. The van der Waals surface area contributed by atoms with Crippen LogP contribution in [0.1, 0.15) is 88.1 Å². The number of piperidine rings is 1. The first-order valence-corrected chi connectivity index (χ1v) is 12.1. The Morgan fingerprint density at radius 2 is 2.09 bits per heavy atom. The maximum absolute atomic E-state index is 12.8. The van der Waals surface area contributed by atoms with E-state index in [1.807, 2.05) is 12.1 Å². The quantitative estimate of drug-likeness (QED) is 0.335. The summed E-state index contributed by atoms with van der Waals surface area (Å²) in [5.41, 5.74) is 8.07. The van der Waals surface area contributed by atoms with Gasteiger partial charge in [-0.2, -0.15) is 0 Å². The molecule has 1 fully saturated rings. The normalized spacial score (nSPS) is 20.2. The number of nitrogens with two attached hydrogens (primary N) is 1. The molecule has 7 nitrogen and oxygen atoms in total. The molecule has 33 heavy (non-hydrogen) atoms. The lowest BCUT2D eigenvalue weighted by molar-refractivity contribution is 0.0496. The van der Waals surface area contributed by atoms with Crippen LogP contribution in [0, 0.1) is 5.41 Å². The summed E-state index contributed by atoms with van der Waals surface area (Å²) in [6.07, 6.45) is 8.83. The Kier molecular flexibility index (Phi) is 6.98. The maximum atomic E-state index is 12.8. The SMILES string of the molecule is CCCCC(c1cccc2[nH]c(=O)c(Cc3ncc(C(=N)N)o3)cc12)N1C(C)CCCC1C. The van der Waals surface area contributed by atoms with E-state index in [0.29, 0.717) is 29.6 Å². The minimum atomic E-state index is -0.174. The van der Waals surface area contributed by atoms with Gasteiger partial charge >= 0.3 is 0 Å². The summed E-state index contributed by atoms with van der Waals surface area (Å²) < 4.78 is 5.55. The van der Waals surface area contributed by atoms with Crippen molar-refractivity contribution in [1.29, 1.82) is 5.41 Å². The van der Waals surface area contributed by atoms with Gasteiger partial charge in [0.05, 0.1) is 12.6 Å². The van der Waals surface area contributed by atoms with E-state index in [9.17, 15) is 4.79 Å². The van der Waals surface area contributed by atoms with Crippen molar-refractivity contribution in [3.63, 3.8) is 0 Å². The molecule has 0 amide bonds. The topological polar surface area (TPSA) is 112 Å². The first-order valence-electron chi connectivity index (χ1n) is 12.1. The van der Waals surface area contributed by atoms with Gasteiger partial charge in [0.2, 0.25) is 0 Å². The number of nitrogens with zero attached hydrogens (tertiary/aromatic N) is 2. The molecular weight excluding hydrogens is 414 g/mol. The van der Waals surface area contributed by atoms with E-state index in [-0.39, 0.29) is 23.6 Å². The molecule has 3 atom stereocenters. The predicted molar refractivity (Wildman–Crippen MR) is 132 cm³/mol. The number of fused-ring (bicyclic) bond motifs is 1. The highest BCUT2D eigenvalue weighted by Crippen LogP contribution is 2.38. The van der Waals surface area contributed by atoms with E-state index >= 15 is 0 Å². The summed E-state index contributed by atoms with van der Waals surface area (Å²) in [5.74, 6) is 0.422. The smallest absolute Gasteiger partial charge is 0.252 e. The average Bonchev–Trinajstić information content (AvgIpc) is 3.25. The van der Waals surface area contributed by atoms with Crippen molar-refractivity contribution in [1.82, 2.24) is 14.9 Å². The Morgan fingerprint density at radius 1 is 1.33 bits per heavy atom. The zero-order valence-corrected chi connectivity index (χ0v) is 19.9. The molecule has 1 aromatic carbocycles. The molecule has 2 aromatic heterocycles. The van der Waals surface area contributed by atoms with Crippen LogP contribution in [-0.4, -0.2) is 32.8 Å². The summed E-state index contributed by atoms with van der Waals surface area (Å²) in [4.78, 5) is 22.8. The van der Waals surface area contributed by atoms with Gasteiger partial charge in [0.1, 0.15) is 0 Å². The minimum absolute atomic E-state index is 0.146. The second-order valence-corrected chi connectivity index (χ2v) is 9.38. The third-order valence-electron chi connectivity index (χ3n) is 6.97. The van der Waals surface area contributed by atoms with Gasteiger partial charge in [-0.1, -0.05) is 38.3 Å². The standard InChI is InChI=1S/C26H35N5O2/c1-4-5-12-22(31-16(2)8-6-9-17(31)3)19-10-7-11-21-20(19)13-18(26(32)30-21)14-24-29-15-23(33-24)25(27)28/h7,10-11,13,15-17,22H,4-6,8-9,12,14H2,1-3H3,(H3,27,28)(H,30,32). The Labute approximate surface area is 194 Å². The Morgan fingerprint density at radius 3 is 2.76 bits per heavy atom. The molecule has 0 bridgehead atoms. The predicted octanol–water partition coefficient (Wildman–Crippen LogP) is 4.89. The van der Waals surface area contributed by atoms with E-state index in [1.165, 1.54) is 31.0 Å². The van der Waals surface area contributed by atoms with Crippen LogP contribution in [0.3, 0.4) is 0 Å². The second-order valence-electron chi connectivity index (χ2n) is 9.38. The summed E-state index contributed by atoms with van der Waals surface area (Å²) in [7, 11) is 0. The van der Waals surface area contributed by atoms with Crippen molar-refractivity contribution < 1.29 is 4.42 Å². The molecule has 0 spiro atoms. The van der Waals surface area contributed by atoms with Gasteiger partial charge in [0, 0.05) is 34.6 Å². The van der Waals surface area contributed by atoms with Gasteiger partial charge in [0.25, 0.3) is 5.56 Å². The lowest BCUT2D eigenvalue weighted by atomic mass is 9.88. The molecule has 1 saturated heterocycles. The van der Waals surface area contributed by atoms with Crippen molar-refractivity contribution in [2.75, 3.05) is 0 Å². The number of unbranched alkanes of at least 4 members (excludes halogenated alkanes) is 1. The number of benzene rings is 1. The second kappa shape index (κ2) is 9.91. The van der Waals surface area contributed by atoms with Gasteiger partial charge < -0.3 is 15.1 Å².